The molecule has 0 saturated carbocycles. The number of unbranched alkanes of at least 4 members (excludes halogenated alkanes) is 2. The van der Waals surface area contributed by atoms with Crippen LogP contribution in [-0.4, -0.2) is 65.5 Å². The molecular formula is C40H58N3O3S+. The Morgan fingerprint density at radius 3 is 2.11 bits per heavy atom. The van der Waals surface area contributed by atoms with Crippen LogP contribution in [0.2, 0.25) is 0 Å². The Morgan fingerprint density at radius 2 is 1.51 bits per heavy atom. The number of piperazine rings is 1. The van der Waals surface area contributed by atoms with E-state index in [0.29, 0.717) is 11.5 Å². The topological polar surface area (TPSA) is 58.6 Å². The van der Waals surface area contributed by atoms with Crippen molar-refractivity contribution in [3.8, 4) is 5.75 Å². The Kier molecular flexibility index (Phi) is 11.7. The number of rotatable bonds is 14. The van der Waals surface area contributed by atoms with Gasteiger partial charge in [0, 0.05) is 44.4 Å². The molecule has 0 amide bonds. The van der Waals surface area contributed by atoms with Gasteiger partial charge in [-0.25, -0.2) is 8.42 Å². The van der Waals surface area contributed by atoms with Gasteiger partial charge in [-0.05, 0) is 78.6 Å². The van der Waals surface area contributed by atoms with Crippen LogP contribution < -0.4 is 15.0 Å². The highest BCUT2D eigenvalue weighted by Gasteiger charge is 2.43. The molecule has 0 radical (unpaired) electrons. The molecule has 1 N–H and O–H groups in total. The molecule has 0 bridgehead atoms. The SMILES string of the molecule is CCCCC1(CCCC)C[C@H](c2ccc(OCc3ccc(C[N+]4(CC)CCNCC4)cc3)cc2)c2cc(N(C)C)ccc2S(=O)(=O)C1. The number of hydrogen-bond donors (Lipinski definition) is 1. The van der Waals surface area contributed by atoms with Crippen molar-refractivity contribution in [1.82, 2.24) is 5.32 Å². The van der Waals surface area contributed by atoms with Gasteiger partial charge in [0.15, 0.2) is 9.84 Å². The molecular weight excluding hydrogens is 603 g/mol. The Morgan fingerprint density at radius 1 is 0.872 bits per heavy atom. The van der Waals surface area contributed by atoms with Crippen molar-refractivity contribution in [2.75, 3.05) is 57.5 Å². The van der Waals surface area contributed by atoms with E-state index in [9.17, 15) is 8.42 Å². The molecule has 0 aliphatic carbocycles. The molecule has 2 aliphatic rings. The first-order valence-electron chi connectivity index (χ1n) is 18.0. The summed E-state index contributed by atoms with van der Waals surface area (Å²) in [4.78, 5) is 2.57. The highest BCUT2D eigenvalue weighted by atomic mass is 32.2. The monoisotopic (exact) mass is 660 g/mol. The van der Waals surface area contributed by atoms with Crippen LogP contribution in [0.5, 0.6) is 5.75 Å². The van der Waals surface area contributed by atoms with E-state index in [-0.39, 0.29) is 17.1 Å². The fourth-order valence-electron chi connectivity index (χ4n) is 7.87. The van der Waals surface area contributed by atoms with Gasteiger partial charge in [0.05, 0.1) is 30.3 Å². The maximum absolute atomic E-state index is 14.1. The van der Waals surface area contributed by atoms with Gasteiger partial charge in [-0.15, -0.1) is 0 Å². The number of fused-ring (bicyclic) bond motifs is 1. The van der Waals surface area contributed by atoms with E-state index in [0.717, 1.165) is 97.2 Å². The van der Waals surface area contributed by atoms with Gasteiger partial charge in [0.1, 0.15) is 18.9 Å². The maximum atomic E-state index is 14.1. The lowest BCUT2D eigenvalue weighted by Crippen LogP contribution is -2.57. The third kappa shape index (κ3) is 8.60. The van der Waals surface area contributed by atoms with E-state index in [4.69, 9.17) is 4.74 Å². The molecule has 256 valence electrons. The molecule has 6 nitrogen and oxygen atoms in total. The fourth-order valence-corrected chi connectivity index (χ4v) is 10.1. The lowest BCUT2D eigenvalue weighted by Gasteiger charge is -2.41. The number of hydrogen-bond acceptors (Lipinski definition) is 5. The number of nitrogens with zero attached hydrogens (tertiary/aromatic N) is 2. The molecule has 47 heavy (non-hydrogen) atoms. The van der Waals surface area contributed by atoms with E-state index in [1.165, 1.54) is 25.2 Å². The Bertz CT molecular complexity index is 1540. The highest BCUT2D eigenvalue weighted by Crippen LogP contribution is 2.50. The van der Waals surface area contributed by atoms with E-state index >= 15 is 0 Å². The van der Waals surface area contributed by atoms with E-state index in [2.05, 4.69) is 85.6 Å². The second-order valence-corrected chi connectivity index (χ2v) is 16.5. The quantitative estimate of drug-likeness (QED) is 0.178. The Labute approximate surface area is 285 Å². The first-order chi connectivity index (χ1) is 22.6. The van der Waals surface area contributed by atoms with E-state index < -0.39 is 9.84 Å². The molecule has 0 spiro atoms. The molecule has 5 rings (SSSR count). The van der Waals surface area contributed by atoms with Crippen molar-refractivity contribution in [2.24, 2.45) is 5.41 Å². The summed E-state index contributed by atoms with van der Waals surface area (Å²) in [5.41, 5.74) is 5.44. The van der Waals surface area contributed by atoms with Crippen molar-refractivity contribution in [1.29, 1.82) is 0 Å². The molecule has 7 heteroatoms. The maximum Gasteiger partial charge on any atom is 0.179 e. The van der Waals surface area contributed by atoms with Gasteiger partial charge >= 0.3 is 0 Å². The van der Waals surface area contributed by atoms with Gasteiger partial charge in [-0.3, -0.25) is 0 Å². The van der Waals surface area contributed by atoms with Crippen LogP contribution in [0.3, 0.4) is 0 Å². The molecule has 3 aromatic carbocycles. The zero-order valence-electron chi connectivity index (χ0n) is 29.6. The first-order valence-corrected chi connectivity index (χ1v) is 19.7. The summed E-state index contributed by atoms with van der Waals surface area (Å²) in [6.07, 6.45) is 6.98. The minimum absolute atomic E-state index is 0.00208. The molecule has 0 unspecified atom stereocenters. The number of anilines is 1. The summed E-state index contributed by atoms with van der Waals surface area (Å²) in [7, 11) is 0.594. The largest absolute Gasteiger partial charge is 0.489 e. The summed E-state index contributed by atoms with van der Waals surface area (Å²) in [5, 5.41) is 3.50. The van der Waals surface area contributed by atoms with Crippen LogP contribution in [0.4, 0.5) is 5.69 Å². The van der Waals surface area contributed by atoms with Crippen molar-refractivity contribution < 1.29 is 17.6 Å². The lowest BCUT2D eigenvalue weighted by molar-refractivity contribution is -0.940. The van der Waals surface area contributed by atoms with Crippen LogP contribution in [0.1, 0.15) is 93.9 Å². The summed E-state index contributed by atoms with van der Waals surface area (Å²) in [5.74, 6) is 1.07. The predicted molar refractivity (Wildman–Crippen MR) is 195 cm³/mol. The number of nitrogens with one attached hydrogen (secondary N) is 1. The van der Waals surface area contributed by atoms with Gasteiger partial charge in [0.25, 0.3) is 0 Å². The van der Waals surface area contributed by atoms with Crippen molar-refractivity contribution in [3.05, 3.63) is 89.0 Å². The predicted octanol–water partition coefficient (Wildman–Crippen LogP) is 7.95. The Hall–Kier alpha value is -2.87. The molecule has 2 heterocycles. The second-order valence-electron chi connectivity index (χ2n) is 14.5. The summed E-state index contributed by atoms with van der Waals surface area (Å²) in [6.45, 7) is 14.1. The first kappa shape index (κ1) is 35.4. The fraction of sp³-hybridized carbons (Fsp3) is 0.550. The lowest BCUT2D eigenvalue weighted by atomic mass is 9.70. The Balaban J connectivity index is 1.37. The van der Waals surface area contributed by atoms with Crippen LogP contribution in [-0.2, 0) is 23.0 Å². The van der Waals surface area contributed by atoms with Crippen molar-refractivity contribution >= 4 is 15.5 Å². The van der Waals surface area contributed by atoms with Crippen molar-refractivity contribution in [2.45, 2.75) is 89.7 Å². The number of benzene rings is 3. The normalized spacial score (nSPS) is 19.8. The number of quaternary nitrogens is 1. The van der Waals surface area contributed by atoms with E-state index in [1.807, 2.05) is 26.2 Å². The van der Waals surface area contributed by atoms with Crippen LogP contribution in [0.15, 0.2) is 71.6 Å². The minimum Gasteiger partial charge on any atom is -0.489 e. The minimum atomic E-state index is -3.44. The van der Waals surface area contributed by atoms with Gasteiger partial charge in [-0.2, -0.15) is 0 Å². The van der Waals surface area contributed by atoms with Crippen LogP contribution in [0, 0.1) is 5.41 Å². The third-order valence-corrected chi connectivity index (χ3v) is 12.9. The summed E-state index contributed by atoms with van der Waals surface area (Å²) in [6, 6.07) is 23.3. The zero-order chi connectivity index (χ0) is 33.5. The average Bonchev–Trinajstić information content (AvgIpc) is 3.18. The third-order valence-electron chi connectivity index (χ3n) is 10.9. The number of ether oxygens (including phenoxy) is 1. The summed E-state index contributed by atoms with van der Waals surface area (Å²) >= 11 is 0. The molecule has 1 atom stereocenters. The van der Waals surface area contributed by atoms with Crippen molar-refractivity contribution in [3.63, 3.8) is 0 Å². The average molecular weight is 661 g/mol. The molecule has 2 aliphatic heterocycles. The van der Waals surface area contributed by atoms with Gasteiger partial charge < -0.3 is 19.4 Å². The highest BCUT2D eigenvalue weighted by molar-refractivity contribution is 7.91. The zero-order valence-corrected chi connectivity index (χ0v) is 30.4. The molecule has 1 saturated heterocycles. The standard InChI is InChI=1S/C40H58N3O3S/c1-6-9-21-40(22-10-7-2)28-38(37-27-35(42(4)5)17-20-39(37)47(44,45)31-40)34-15-18-36(19-16-34)46-30-33-13-11-32(12-14-33)29-43(8-3)25-23-41-24-26-43/h11-20,27,38,41H,6-10,21-26,28-31H2,1-5H3/q+1/t38-/m1/s1. The molecule has 0 aromatic heterocycles. The number of sulfone groups is 1. The number of likely N-dealkylation sites (N-methyl/N-ethyl adjacent to an activating group) is 1. The van der Waals surface area contributed by atoms with Crippen LogP contribution >= 0.6 is 0 Å². The van der Waals surface area contributed by atoms with Crippen LogP contribution in [0.25, 0.3) is 0 Å². The smallest absolute Gasteiger partial charge is 0.179 e. The van der Waals surface area contributed by atoms with Gasteiger partial charge in [-0.1, -0.05) is 75.9 Å². The second kappa shape index (κ2) is 15.6. The molecule has 3 aromatic rings. The molecule has 1 fully saturated rings. The van der Waals surface area contributed by atoms with Gasteiger partial charge in [0.2, 0.25) is 0 Å². The summed E-state index contributed by atoms with van der Waals surface area (Å²) < 4.78 is 35.6. The van der Waals surface area contributed by atoms with E-state index in [1.54, 1.807) is 0 Å².